The van der Waals surface area contributed by atoms with Crippen LogP contribution in [-0.2, 0) is 0 Å². The van der Waals surface area contributed by atoms with Gasteiger partial charge in [0.05, 0.1) is 11.6 Å². The molecule has 2 aromatic rings. The number of carbonyl (C=O) groups excluding carboxylic acids is 1. The molecule has 2 rings (SSSR count). The third kappa shape index (κ3) is 2.96. The van der Waals surface area contributed by atoms with Gasteiger partial charge in [0, 0.05) is 15.4 Å². The zero-order valence-electron chi connectivity index (χ0n) is 8.96. The molecule has 0 heterocycles. The topological polar surface area (TPSA) is 40.9 Å². The first kappa shape index (κ1) is 11.4. The lowest BCUT2D eigenvalue weighted by Crippen LogP contribution is -1.80. The quantitative estimate of drug-likeness (QED) is 0.769. The van der Waals surface area contributed by atoms with Crippen molar-refractivity contribution < 1.29 is 4.79 Å². The summed E-state index contributed by atoms with van der Waals surface area (Å²) in [5, 5.41) is 8.80. The molecule has 0 fully saturated rings. The van der Waals surface area contributed by atoms with E-state index in [0.29, 0.717) is 11.1 Å². The zero-order chi connectivity index (χ0) is 12.1. The molecule has 0 aromatic heterocycles. The summed E-state index contributed by atoms with van der Waals surface area (Å²) in [6, 6.07) is 16.9. The van der Waals surface area contributed by atoms with Gasteiger partial charge in [-0.05, 0) is 30.3 Å². The minimum Gasteiger partial charge on any atom is -0.298 e. The Balaban J connectivity index is 2.19. The van der Waals surface area contributed by atoms with Gasteiger partial charge in [0.1, 0.15) is 6.29 Å². The largest absolute Gasteiger partial charge is 0.298 e. The van der Waals surface area contributed by atoms with Crippen molar-refractivity contribution in [1.29, 1.82) is 5.26 Å². The van der Waals surface area contributed by atoms with Crippen LogP contribution in [0.25, 0.3) is 0 Å². The van der Waals surface area contributed by atoms with E-state index in [2.05, 4.69) is 6.07 Å². The Hall–Kier alpha value is -2.05. The van der Waals surface area contributed by atoms with Gasteiger partial charge in [0.2, 0.25) is 0 Å². The van der Waals surface area contributed by atoms with Gasteiger partial charge in [0.15, 0.2) is 0 Å². The number of carbonyl (C=O) groups is 1. The molecule has 82 valence electrons. The van der Waals surface area contributed by atoms with E-state index in [1.165, 1.54) is 0 Å². The first-order valence-corrected chi connectivity index (χ1v) is 5.87. The fourth-order valence-corrected chi connectivity index (χ4v) is 2.26. The molecule has 0 aliphatic rings. The molecular formula is C14H9NOS. The van der Waals surface area contributed by atoms with Gasteiger partial charge in [-0.3, -0.25) is 4.79 Å². The first-order chi connectivity index (χ1) is 8.31. The summed E-state index contributed by atoms with van der Waals surface area (Å²) >= 11 is 1.57. The van der Waals surface area contributed by atoms with Crippen LogP contribution in [0.3, 0.4) is 0 Å². The van der Waals surface area contributed by atoms with E-state index < -0.39 is 0 Å². The summed E-state index contributed by atoms with van der Waals surface area (Å²) in [5.41, 5.74) is 1.32. The normalized spacial score (nSPS) is 9.59. The highest BCUT2D eigenvalue weighted by Gasteiger charge is 1.99. The molecule has 0 atom stereocenters. The number of nitriles is 1. The third-order valence-electron chi connectivity index (χ3n) is 2.22. The lowest BCUT2D eigenvalue weighted by Gasteiger charge is -2.01. The van der Waals surface area contributed by atoms with Crippen LogP contribution >= 0.6 is 11.8 Å². The van der Waals surface area contributed by atoms with Crippen molar-refractivity contribution in [2.45, 2.75) is 9.79 Å². The highest BCUT2D eigenvalue weighted by Crippen LogP contribution is 2.27. The van der Waals surface area contributed by atoms with E-state index in [1.54, 1.807) is 30.0 Å². The van der Waals surface area contributed by atoms with Gasteiger partial charge in [-0.2, -0.15) is 5.26 Å². The summed E-state index contributed by atoms with van der Waals surface area (Å²) < 4.78 is 0. The number of hydrogen-bond donors (Lipinski definition) is 0. The zero-order valence-corrected chi connectivity index (χ0v) is 9.78. The van der Waals surface area contributed by atoms with Crippen molar-refractivity contribution in [2.24, 2.45) is 0 Å². The van der Waals surface area contributed by atoms with Crippen LogP contribution in [-0.4, -0.2) is 6.29 Å². The Labute approximate surface area is 104 Å². The molecule has 0 saturated heterocycles. The molecule has 0 saturated carbocycles. The van der Waals surface area contributed by atoms with E-state index in [0.717, 1.165) is 16.1 Å². The summed E-state index contributed by atoms with van der Waals surface area (Å²) in [6.45, 7) is 0. The van der Waals surface area contributed by atoms with Crippen LogP contribution in [0.1, 0.15) is 15.9 Å². The first-order valence-electron chi connectivity index (χ1n) is 5.05. The van der Waals surface area contributed by atoms with E-state index >= 15 is 0 Å². The predicted molar refractivity (Wildman–Crippen MR) is 67.1 cm³/mol. The van der Waals surface area contributed by atoms with E-state index in [-0.39, 0.29) is 0 Å². The molecule has 0 unspecified atom stereocenters. The van der Waals surface area contributed by atoms with Crippen molar-refractivity contribution in [3.63, 3.8) is 0 Å². The number of benzene rings is 2. The van der Waals surface area contributed by atoms with Crippen molar-refractivity contribution in [3.8, 4) is 6.07 Å². The molecule has 17 heavy (non-hydrogen) atoms. The summed E-state index contributed by atoms with van der Waals surface area (Å²) in [5.74, 6) is 0. The minimum absolute atomic E-state index is 0.652. The van der Waals surface area contributed by atoms with Crippen molar-refractivity contribution in [1.82, 2.24) is 0 Å². The van der Waals surface area contributed by atoms with Crippen molar-refractivity contribution >= 4 is 18.0 Å². The minimum atomic E-state index is 0.652. The highest BCUT2D eigenvalue weighted by molar-refractivity contribution is 7.99. The van der Waals surface area contributed by atoms with Gasteiger partial charge in [-0.1, -0.05) is 30.0 Å². The highest BCUT2D eigenvalue weighted by atomic mass is 32.2. The van der Waals surface area contributed by atoms with Crippen LogP contribution < -0.4 is 0 Å². The van der Waals surface area contributed by atoms with Gasteiger partial charge in [-0.15, -0.1) is 0 Å². The second-order valence-corrected chi connectivity index (χ2v) is 4.58. The SMILES string of the molecule is N#Cc1cccc(Sc2ccc(C=O)cc2)c1. The van der Waals surface area contributed by atoms with E-state index in [4.69, 9.17) is 5.26 Å². The van der Waals surface area contributed by atoms with E-state index in [9.17, 15) is 4.79 Å². The maximum Gasteiger partial charge on any atom is 0.150 e. The van der Waals surface area contributed by atoms with Gasteiger partial charge < -0.3 is 0 Å². The number of aldehydes is 1. The molecule has 0 radical (unpaired) electrons. The van der Waals surface area contributed by atoms with Gasteiger partial charge in [-0.25, -0.2) is 0 Å². The predicted octanol–water partition coefficient (Wildman–Crippen LogP) is 3.52. The summed E-state index contributed by atoms with van der Waals surface area (Å²) in [7, 11) is 0. The Morgan fingerprint density at radius 1 is 1.06 bits per heavy atom. The van der Waals surface area contributed by atoms with Crippen LogP contribution in [0.5, 0.6) is 0 Å². The van der Waals surface area contributed by atoms with E-state index in [1.807, 2.05) is 30.3 Å². The number of nitrogens with zero attached hydrogens (tertiary/aromatic N) is 1. The molecule has 2 aromatic carbocycles. The fourth-order valence-electron chi connectivity index (χ4n) is 1.38. The average molecular weight is 239 g/mol. The molecular weight excluding hydrogens is 230 g/mol. The van der Waals surface area contributed by atoms with Crippen LogP contribution in [0.15, 0.2) is 58.3 Å². The Morgan fingerprint density at radius 3 is 2.47 bits per heavy atom. The standard InChI is InChI=1S/C14H9NOS/c15-9-12-2-1-3-14(8-12)17-13-6-4-11(10-16)5-7-13/h1-8,10H. The molecule has 0 amide bonds. The summed E-state index contributed by atoms with van der Waals surface area (Å²) in [4.78, 5) is 12.6. The molecule has 2 nitrogen and oxygen atoms in total. The molecule has 0 aliphatic heterocycles. The molecule has 0 bridgehead atoms. The maximum absolute atomic E-state index is 10.5. The van der Waals surface area contributed by atoms with Crippen molar-refractivity contribution in [2.75, 3.05) is 0 Å². The third-order valence-corrected chi connectivity index (χ3v) is 3.21. The monoisotopic (exact) mass is 239 g/mol. The van der Waals surface area contributed by atoms with Gasteiger partial charge >= 0.3 is 0 Å². The van der Waals surface area contributed by atoms with Crippen LogP contribution in [0.2, 0.25) is 0 Å². The molecule has 0 aliphatic carbocycles. The number of rotatable bonds is 3. The smallest absolute Gasteiger partial charge is 0.150 e. The molecule has 3 heteroatoms. The number of hydrogen-bond acceptors (Lipinski definition) is 3. The molecule has 0 N–H and O–H groups in total. The average Bonchev–Trinajstić information content (AvgIpc) is 2.40. The fraction of sp³-hybridized carbons (Fsp3) is 0. The Morgan fingerprint density at radius 2 is 1.82 bits per heavy atom. The van der Waals surface area contributed by atoms with Crippen molar-refractivity contribution in [3.05, 3.63) is 59.7 Å². The lowest BCUT2D eigenvalue weighted by molar-refractivity contribution is 0.112. The lowest BCUT2D eigenvalue weighted by atomic mass is 10.2. The molecule has 0 spiro atoms. The second-order valence-electron chi connectivity index (χ2n) is 3.43. The van der Waals surface area contributed by atoms with Crippen LogP contribution in [0.4, 0.5) is 0 Å². The van der Waals surface area contributed by atoms with Crippen LogP contribution in [0, 0.1) is 11.3 Å². The Bertz CT molecular complexity index is 570. The van der Waals surface area contributed by atoms with Gasteiger partial charge in [0.25, 0.3) is 0 Å². The maximum atomic E-state index is 10.5. The second kappa shape index (κ2) is 5.33. The Kier molecular flexibility index (Phi) is 3.59. The summed E-state index contributed by atoms with van der Waals surface area (Å²) in [6.07, 6.45) is 0.824.